The third kappa shape index (κ3) is 19.0. The number of carbonyl (C=O) groups excluding carboxylic acids is 3. The first kappa shape index (κ1) is 87.1. The number of ether oxygens (including phenoxy) is 13. The number of imidazole rings is 1. The average Bonchev–Trinajstić information content (AvgIpc) is 1.58. The quantitative estimate of drug-likeness (QED) is 0.00840. The Balaban J connectivity index is 0.000000127. The average molecular weight is 1780 g/mol. The molecule has 2 saturated carbocycles. The molecular weight excluding hydrogens is 1680 g/mol. The third-order valence-electron chi connectivity index (χ3n) is 23.5. The number of hydrogen-bond donors (Lipinski definition) is 10. The number of thiazole rings is 1. The zero-order chi connectivity index (χ0) is 86.0. The van der Waals surface area contributed by atoms with E-state index >= 15 is 0 Å². The van der Waals surface area contributed by atoms with Gasteiger partial charge in [0, 0.05) is 36.6 Å². The van der Waals surface area contributed by atoms with Crippen molar-refractivity contribution in [1.82, 2.24) is 59.4 Å². The Labute approximate surface area is 720 Å². The lowest BCUT2D eigenvalue weighted by molar-refractivity contribution is -0.368. The number of anilines is 1. The number of cyclic esters (lactones) is 1. The van der Waals surface area contributed by atoms with E-state index in [1.807, 2.05) is 36.6 Å². The number of epoxide rings is 3. The Morgan fingerprint density at radius 1 is 0.828 bits per heavy atom. The first-order valence-electron chi connectivity index (χ1n) is 39.5. The van der Waals surface area contributed by atoms with Gasteiger partial charge in [-0.25, -0.2) is 53.0 Å². The van der Waals surface area contributed by atoms with E-state index in [1.54, 1.807) is 49.1 Å². The molecule has 7 saturated heterocycles. The van der Waals surface area contributed by atoms with Gasteiger partial charge in [0.2, 0.25) is 18.5 Å². The summed E-state index contributed by atoms with van der Waals surface area (Å²) in [5.41, 5.74) is 16.1. The Hall–Kier alpha value is -9.80. The number of nitrogens with two attached hydrogens (primary N) is 1. The summed E-state index contributed by atoms with van der Waals surface area (Å²) >= 11 is 16.0. The minimum absolute atomic E-state index is 0.0242. The highest BCUT2D eigenvalue weighted by Gasteiger charge is 2.59. The number of hydrazine groups is 1. The zero-order valence-electron chi connectivity index (χ0n) is 67.1. The van der Waals surface area contributed by atoms with E-state index in [9.17, 15) is 44.1 Å². The number of esters is 2. The maximum absolute atomic E-state index is 13.5. The number of aliphatic imine (C=N–C) groups is 2. The number of amidine groups is 2. The van der Waals surface area contributed by atoms with Gasteiger partial charge in [-0.1, -0.05) is 42.9 Å². The molecule has 20 rings (SSSR count). The second kappa shape index (κ2) is 37.3. The predicted octanol–water partition coefficient (Wildman–Crippen LogP) is 6.25. The number of thiophene rings is 1. The van der Waals surface area contributed by atoms with Gasteiger partial charge in [0.1, 0.15) is 52.2 Å². The minimum atomic E-state index is -1.47. The lowest BCUT2D eigenvalue weighted by Crippen LogP contribution is -2.62. The van der Waals surface area contributed by atoms with Gasteiger partial charge in [-0.3, -0.25) is 35.2 Å². The van der Waals surface area contributed by atoms with Crippen LogP contribution in [0.25, 0.3) is 21.5 Å². The lowest BCUT2D eigenvalue weighted by atomic mass is 9.49. The van der Waals surface area contributed by atoms with Gasteiger partial charge in [-0.15, -0.1) is 54.5 Å². The van der Waals surface area contributed by atoms with Crippen molar-refractivity contribution >= 4 is 116 Å². The second-order valence-corrected chi connectivity index (χ2v) is 34.2. The molecule has 0 spiro atoms. The van der Waals surface area contributed by atoms with Gasteiger partial charge in [-0.05, 0) is 122 Å². The molecule has 9 N–H and O–H groups in total. The van der Waals surface area contributed by atoms with Crippen molar-refractivity contribution in [2.24, 2.45) is 45.0 Å². The maximum Gasteiger partial charge on any atom is 0.336 e. The molecular formula is C80H93N15O22S5. The van der Waals surface area contributed by atoms with Crippen LogP contribution >= 0.6 is 60.1 Å². The number of aliphatic hydroxyl groups excluding tert-OH is 2. The molecule has 0 bridgehead atoms. The molecule has 0 amide bonds. The SMILES string of the molecule is C=CC(C)N=C(S)NNC(S)=NC.COc1cc([C@@H]2c3cc4c(cc3[C@@H](O[C@@H]3O[C@@H]5COC(c6cccs6)O[C@H]5[C@H](O)[C@H]3O)[C@H]3COC(=O)[C@H]23)OCO4)cc(OC)c1O.C[C@]12C=CC(=O)C=C1CC[C@@H]1[C@@H]2CC[C@]2(C)OC(=O)CC[C@@H]12.Nc1nc(=S)c2[nH]cnc2[nH]1.O=c1n(C[C@H]2CO2)c(=O)n(C[C@@H]2CO2)c(=O)n1C[C@H]1CO1.c1ncc2ncsc2n1. The molecule has 19 atom stereocenters. The fourth-order valence-corrected chi connectivity index (χ4v) is 19.0. The number of carbonyl (C=O) groups is 3. The van der Waals surface area contributed by atoms with E-state index in [2.05, 4.69) is 107 Å². The van der Waals surface area contributed by atoms with E-state index < -0.39 is 83.9 Å². The monoisotopic (exact) mass is 1780 g/mol. The number of ketones is 1. The number of nitrogen functional groups attached to an aromatic ring is 1. The van der Waals surface area contributed by atoms with Crippen molar-refractivity contribution in [2.75, 3.05) is 66.8 Å². The van der Waals surface area contributed by atoms with E-state index in [-0.39, 0.29) is 110 Å². The summed E-state index contributed by atoms with van der Waals surface area (Å²) in [4.78, 5) is 109. The summed E-state index contributed by atoms with van der Waals surface area (Å²) in [5, 5.41) is 35.9. The van der Waals surface area contributed by atoms with Gasteiger partial charge >= 0.3 is 29.0 Å². The van der Waals surface area contributed by atoms with Crippen molar-refractivity contribution in [3.8, 4) is 28.7 Å². The van der Waals surface area contributed by atoms with Gasteiger partial charge in [0.25, 0.3) is 0 Å². The number of fused-ring (bicyclic) bond motifs is 11. The molecule has 14 heterocycles. The zero-order valence-corrected chi connectivity index (χ0v) is 71.3. The standard InChI is InChI=1S/C32H32O13S.C19H24O3.C12H15N3O6.C7H14N4S2.C5H5N5S.C5H3N3S/c1-37-19-6-13(7-20(38-2)25(19)33)23-14-8-17-18(42-12-41-17)9-15(14)28(16-10-39-30(36)24(16)23)44-32-27(35)26(34)29-21(43-32)11-40-31(45-29)22-4-3-5-46-22;1-18-9-7-13(20)11-12(18)3-4-14-15(18)8-10-19(2)16(14)5-6-17(21)22-19;16-10-13(1-7-4-19-7)11(17)15(3-9-6-21-9)12(18)14(10)2-8-5-20-8;1-4-5(2)9-7(13)11-10-6(12)8-3;6-5-9-3-2(4(11)10-5)7-1-8-3;1-4-5(7-2-6-1)9-3-8-4/h3-9,16,21,23-24,26-29,31-35H,10-12H2,1-2H3;7,9,11,14-16H,3-6,8,10H2,1-2H3;7-9H,1-6H2;4-5H,1H2,2-3H3,(H2,8,10,12)(H2,9,11,13);1H,(H4,6,7,8,9,10,11);1-3H/t16-,21+,23+,24-,26+,27+,28+,29+,31?,32-;14-,15+,16+,18+,19+;7-,8-,9+;;;/m010.../s1. The number of H-pyrrole nitrogens is 2. The van der Waals surface area contributed by atoms with Crippen LogP contribution in [-0.4, -0.2) is 214 Å². The molecule has 8 aliphatic heterocycles. The van der Waals surface area contributed by atoms with Crippen LogP contribution in [-0.2, 0) is 76.6 Å². The molecule has 2 unspecified atom stereocenters. The molecule has 122 heavy (non-hydrogen) atoms. The van der Waals surface area contributed by atoms with Crippen LogP contribution in [0.15, 0.2) is 127 Å². The fourth-order valence-electron chi connectivity index (χ4n) is 17.1. The van der Waals surface area contributed by atoms with Crippen LogP contribution in [0.5, 0.6) is 28.7 Å². The van der Waals surface area contributed by atoms with Crippen LogP contribution in [0.3, 0.4) is 0 Å². The summed E-state index contributed by atoms with van der Waals surface area (Å²) in [5.74, 6) is 0.973. The van der Waals surface area contributed by atoms with E-state index in [4.69, 9.17) is 79.5 Å². The minimum Gasteiger partial charge on any atom is -0.502 e. The van der Waals surface area contributed by atoms with Gasteiger partial charge in [0.15, 0.2) is 62.0 Å². The molecule has 42 heteroatoms. The Bertz CT molecular complexity index is 5400. The maximum atomic E-state index is 13.5. The van der Waals surface area contributed by atoms with Crippen molar-refractivity contribution in [2.45, 2.75) is 158 Å². The molecule has 4 aliphatic carbocycles. The number of aromatic hydroxyl groups is 1. The summed E-state index contributed by atoms with van der Waals surface area (Å²) in [6.45, 7) is 12.2. The first-order valence-corrected chi connectivity index (χ1v) is 42.5. The van der Waals surface area contributed by atoms with E-state index in [0.717, 1.165) is 61.0 Å². The largest absolute Gasteiger partial charge is 0.502 e. The number of phenols is 1. The number of phenolic OH excluding ortho intramolecular Hbond substituents is 1. The Kier molecular flexibility index (Phi) is 26.7. The molecule has 8 aromatic rings. The number of methoxy groups -OCH3 is 2. The van der Waals surface area contributed by atoms with Crippen LogP contribution < -0.4 is 52.6 Å². The summed E-state index contributed by atoms with van der Waals surface area (Å²) in [6.07, 6.45) is 10.4. The normalized spacial score (nSPS) is 29.8. The summed E-state index contributed by atoms with van der Waals surface area (Å²) in [6, 6.07) is 10.7. The second-order valence-electron chi connectivity index (χ2n) is 31.1. The lowest BCUT2D eigenvalue weighted by Gasteiger charge is -2.58. The molecule has 9 fully saturated rings. The number of benzene rings is 2. The third-order valence-corrected chi connectivity index (χ3v) is 26.0. The smallest absolute Gasteiger partial charge is 0.336 e. The van der Waals surface area contributed by atoms with Crippen LogP contribution in [0, 0.1) is 39.6 Å². The fraction of sp³-hybridized carbons (Fsp3) is 0.500. The summed E-state index contributed by atoms with van der Waals surface area (Å²) < 4.78 is 77.2. The van der Waals surface area contributed by atoms with Crippen molar-refractivity contribution in [1.29, 1.82) is 0 Å². The van der Waals surface area contributed by atoms with Crippen LogP contribution in [0.1, 0.15) is 99.2 Å². The number of nitrogens with one attached hydrogen (secondary N) is 4. The molecule has 37 nitrogen and oxygen atoms in total. The predicted molar refractivity (Wildman–Crippen MR) is 451 cm³/mol. The highest BCUT2D eigenvalue weighted by Crippen LogP contribution is 2.62. The van der Waals surface area contributed by atoms with Crippen LogP contribution in [0.4, 0.5) is 5.95 Å². The van der Waals surface area contributed by atoms with E-state index in [0.29, 0.717) is 98.3 Å². The number of rotatable bonds is 14. The number of allylic oxidation sites excluding steroid dienone is 4. The van der Waals surface area contributed by atoms with Gasteiger partial charge < -0.3 is 92.6 Å². The molecule has 6 aromatic heterocycles. The van der Waals surface area contributed by atoms with Crippen molar-refractivity contribution in [3.05, 3.63) is 160 Å². The molecule has 2 aromatic carbocycles. The highest BCUT2D eigenvalue weighted by molar-refractivity contribution is 7.97. The number of aliphatic hydroxyl groups is 2. The number of aromatic amines is 2. The Morgan fingerprint density at radius 3 is 2.13 bits per heavy atom. The van der Waals surface area contributed by atoms with Crippen molar-refractivity contribution in [3.63, 3.8) is 0 Å². The number of aromatic nitrogens is 10. The van der Waals surface area contributed by atoms with Crippen LogP contribution in [0.2, 0.25) is 0 Å². The van der Waals surface area contributed by atoms with Gasteiger partial charge in [-0.2, -0.15) is 0 Å². The number of nitrogens with zero attached hydrogens (tertiary/aromatic N) is 10. The highest BCUT2D eigenvalue weighted by atomic mass is 32.1. The molecule has 12 aliphatic rings. The number of thiol groups is 2. The Morgan fingerprint density at radius 2 is 1.50 bits per heavy atom. The summed E-state index contributed by atoms with van der Waals surface area (Å²) in [7, 11) is 4.49. The molecule has 0 radical (unpaired) electrons. The first-order chi connectivity index (χ1) is 58.7. The van der Waals surface area contributed by atoms with Crippen molar-refractivity contribution < 1.29 is 91.3 Å². The molecule has 650 valence electrons. The van der Waals surface area contributed by atoms with Gasteiger partial charge in [0.05, 0.1) is 126 Å². The van der Waals surface area contributed by atoms with E-state index in [1.165, 1.54) is 55.1 Å². The number of hydrogen-bond acceptors (Lipinski definition) is 33. The topological polar surface area (TPSA) is 479 Å².